The first-order chi connectivity index (χ1) is 21.2. The fourth-order valence-electron chi connectivity index (χ4n) is 10.4. The average Bonchev–Trinajstić information content (AvgIpc) is 3.20. The molecule has 11 atom stereocenters. The van der Waals surface area contributed by atoms with E-state index in [0.717, 1.165) is 31.3 Å². The average molecular weight is 661 g/mol. The Morgan fingerprint density at radius 3 is 2.30 bits per heavy atom. The van der Waals surface area contributed by atoms with Crippen LogP contribution in [0, 0.1) is 51.2 Å². The Morgan fingerprint density at radius 2 is 1.72 bits per heavy atom. The van der Waals surface area contributed by atoms with Crippen LogP contribution in [0.4, 0.5) is 0 Å². The van der Waals surface area contributed by atoms with Gasteiger partial charge in [0, 0.05) is 11.0 Å². The lowest BCUT2D eigenvalue weighted by Crippen LogP contribution is -2.67. The summed E-state index contributed by atoms with van der Waals surface area (Å²) in [5, 5.41) is 12.3. The van der Waals surface area contributed by atoms with Crippen LogP contribution >= 0.6 is 11.6 Å². The quantitative estimate of drug-likeness (QED) is 0.0698. The van der Waals surface area contributed by atoms with Crippen LogP contribution in [-0.2, 0) is 23.8 Å². The summed E-state index contributed by atoms with van der Waals surface area (Å²) in [5.74, 6) is 1.16. The zero-order valence-electron chi connectivity index (χ0n) is 30.4. The molecule has 4 aliphatic carbocycles. The minimum Gasteiger partial charge on any atom is -0.491 e. The number of hydrogen-bond acceptors (Lipinski definition) is 6. The number of aliphatic hydroxyl groups is 1. The number of carbonyl (C=O) groups excluding carboxylic acids is 2. The van der Waals surface area contributed by atoms with Crippen molar-refractivity contribution >= 4 is 23.5 Å². The highest BCUT2D eigenvalue weighted by Gasteiger charge is 2.72. The van der Waals surface area contributed by atoms with E-state index in [9.17, 15) is 14.7 Å². The Balaban J connectivity index is 1.80. The van der Waals surface area contributed by atoms with E-state index in [1.807, 2.05) is 20.8 Å². The number of rotatable bonds is 8. The predicted molar refractivity (Wildman–Crippen MR) is 184 cm³/mol. The second-order valence-corrected chi connectivity index (χ2v) is 17.7. The molecule has 0 aromatic rings. The van der Waals surface area contributed by atoms with Gasteiger partial charge in [-0.05, 0) is 138 Å². The van der Waals surface area contributed by atoms with Gasteiger partial charge in [0.05, 0.1) is 17.3 Å². The molecule has 7 heteroatoms. The van der Waals surface area contributed by atoms with Crippen molar-refractivity contribution in [1.29, 1.82) is 0 Å². The molecule has 6 nitrogen and oxygen atoms in total. The molecule has 0 saturated heterocycles. The van der Waals surface area contributed by atoms with E-state index in [-0.39, 0.29) is 39.6 Å². The van der Waals surface area contributed by atoms with Gasteiger partial charge >= 0.3 is 11.9 Å². The summed E-state index contributed by atoms with van der Waals surface area (Å²) in [6.45, 7) is 26.7. The zero-order valence-corrected chi connectivity index (χ0v) is 31.2. The molecule has 46 heavy (non-hydrogen) atoms. The Hall–Kier alpha value is -1.79. The third-order valence-corrected chi connectivity index (χ3v) is 13.7. The van der Waals surface area contributed by atoms with Crippen molar-refractivity contribution in [3.8, 4) is 0 Å². The highest BCUT2D eigenvalue weighted by atomic mass is 35.5. The lowest BCUT2D eigenvalue weighted by Gasteiger charge is -2.70. The van der Waals surface area contributed by atoms with E-state index in [4.69, 9.17) is 25.8 Å². The van der Waals surface area contributed by atoms with Crippen molar-refractivity contribution in [3.05, 3.63) is 35.1 Å². The normalized spacial score (nSPS) is 41.3. The fourth-order valence-corrected chi connectivity index (χ4v) is 11.0. The molecule has 0 aromatic carbocycles. The number of hydrogen-bond donors (Lipinski definition) is 1. The largest absolute Gasteiger partial charge is 0.491 e. The molecular formula is C39H61ClO6. The van der Waals surface area contributed by atoms with Gasteiger partial charge in [-0.15, -0.1) is 11.6 Å². The molecule has 4 fully saturated rings. The van der Waals surface area contributed by atoms with Gasteiger partial charge in [-0.3, -0.25) is 4.79 Å². The van der Waals surface area contributed by atoms with Gasteiger partial charge in [0.15, 0.2) is 0 Å². The van der Waals surface area contributed by atoms with Crippen LogP contribution in [0.1, 0.15) is 121 Å². The summed E-state index contributed by atoms with van der Waals surface area (Å²) in [6, 6.07) is 0. The van der Waals surface area contributed by atoms with E-state index in [2.05, 4.69) is 47.3 Å². The minimum absolute atomic E-state index is 0.00701. The van der Waals surface area contributed by atoms with Crippen molar-refractivity contribution in [1.82, 2.24) is 0 Å². The Labute approximate surface area is 283 Å². The third-order valence-electron chi connectivity index (χ3n) is 13.1. The number of allylic oxidation sites excluding steroid dienone is 3. The van der Waals surface area contributed by atoms with Gasteiger partial charge in [-0.1, -0.05) is 52.8 Å². The maximum Gasteiger partial charge on any atom is 0.336 e. The molecule has 0 radical (unpaired) electrons. The minimum atomic E-state index is -0.707. The van der Waals surface area contributed by atoms with Gasteiger partial charge in [-0.2, -0.15) is 0 Å². The molecule has 0 amide bonds. The van der Waals surface area contributed by atoms with Crippen LogP contribution in [0.15, 0.2) is 35.1 Å². The number of carbonyl (C=O) groups is 2. The van der Waals surface area contributed by atoms with Gasteiger partial charge in [-0.25, -0.2) is 4.79 Å². The second kappa shape index (κ2) is 13.3. The first kappa shape index (κ1) is 37.0. The van der Waals surface area contributed by atoms with Crippen molar-refractivity contribution in [2.24, 2.45) is 51.2 Å². The van der Waals surface area contributed by atoms with E-state index in [1.165, 1.54) is 5.57 Å². The zero-order chi connectivity index (χ0) is 34.6. The van der Waals surface area contributed by atoms with Crippen LogP contribution in [0.5, 0.6) is 0 Å². The lowest BCUT2D eigenvalue weighted by atomic mass is 9.36. The lowest BCUT2D eigenvalue weighted by molar-refractivity contribution is -0.227. The molecule has 2 unspecified atom stereocenters. The fraction of sp³-hybridized carbons (Fsp3) is 0.795. The molecule has 1 N–H and O–H groups in total. The maximum atomic E-state index is 14.0. The van der Waals surface area contributed by atoms with Crippen molar-refractivity contribution in [2.75, 3.05) is 6.79 Å². The predicted octanol–water partition coefficient (Wildman–Crippen LogP) is 9.15. The standard InChI is InChI=1S/C39H61ClO6/c1-22(2)14-13-15-26(34(42)44-21-45-35(43)36(7,8)9)32-28-19-29(41)33-37(10,38(28,11)20-30(32)46-23(3)4)17-16-27-25(6)24(5)18-31(40)39(27,33)12/h14,24-25,27-31,33,41H,3,13,15-21H2,1-2,4-12H3/b32-26-/t24-,25+,27+,28+,29-,30?,31?,33+,37+,38+,39-/m1/s1. The summed E-state index contributed by atoms with van der Waals surface area (Å²) in [4.78, 5) is 26.4. The van der Waals surface area contributed by atoms with E-state index >= 15 is 0 Å². The van der Waals surface area contributed by atoms with E-state index < -0.39 is 30.3 Å². The number of halogens is 1. The highest BCUT2D eigenvalue weighted by Crippen LogP contribution is 2.75. The molecule has 0 aromatic heterocycles. The van der Waals surface area contributed by atoms with Crippen molar-refractivity contribution < 1.29 is 28.9 Å². The van der Waals surface area contributed by atoms with Gasteiger partial charge in [0.2, 0.25) is 6.79 Å². The summed E-state index contributed by atoms with van der Waals surface area (Å²) < 4.78 is 17.5. The van der Waals surface area contributed by atoms with E-state index in [0.29, 0.717) is 48.3 Å². The number of fused-ring (bicyclic) bond motifs is 5. The molecule has 260 valence electrons. The molecule has 0 heterocycles. The van der Waals surface area contributed by atoms with Crippen molar-refractivity contribution in [2.45, 2.75) is 139 Å². The third kappa shape index (κ3) is 6.35. The molecule has 4 saturated carbocycles. The SMILES string of the molecule is C=C(C)OC1C[C@@]2(C)[C@@H](C[C@@H](O)[C@@H]3[C@@]4(C)C(Cl)C[C@@H](C)[C@H](C)[C@@H]4CC[C@@]32C)/C1=C(\CCC=C(C)C)C(=O)OCOC(=O)C(C)(C)C. The first-order valence-corrected chi connectivity index (χ1v) is 18.0. The van der Waals surface area contributed by atoms with Crippen LogP contribution in [0.2, 0.25) is 0 Å². The monoisotopic (exact) mass is 660 g/mol. The summed E-state index contributed by atoms with van der Waals surface area (Å²) in [5.41, 5.74) is 1.25. The van der Waals surface area contributed by atoms with Gasteiger partial charge in [0.25, 0.3) is 0 Å². The molecular weight excluding hydrogens is 600 g/mol. The van der Waals surface area contributed by atoms with Crippen LogP contribution in [0.25, 0.3) is 0 Å². The Bertz CT molecular complexity index is 1260. The number of alkyl halides is 1. The summed E-state index contributed by atoms with van der Waals surface area (Å²) in [7, 11) is 0. The molecule has 4 aliphatic rings. The van der Waals surface area contributed by atoms with Crippen LogP contribution in [-0.4, -0.2) is 41.4 Å². The number of aliphatic hydroxyl groups excluding tert-OH is 1. The number of esters is 2. The topological polar surface area (TPSA) is 82.1 Å². The van der Waals surface area contributed by atoms with Gasteiger partial charge < -0.3 is 19.3 Å². The molecule has 0 aliphatic heterocycles. The first-order valence-electron chi connectivity index (χ1n) is 17.5. The smallest absolute Gasteiger partial charge is 0.336 e. The highest BCUT2D eigenvalue weighted by molar-refractivity contribution is 6.21. The van der Waals surface area contributed by atoms with Crippen LogP contribution < -0.4 is 0 Å². The Morgan fingerprint density at radius 1 is 1.07 bits per heavy atom. The van der Waals surface area contributed by atoms with Gasteiger partial charge in [0.1, 0.15) is 6.10 Å². The molecule has 0 spiro atoms. The van der Waals surface area contributed by atoms with Crippen molar-refractivity contribution in [3.63, 3.8) is 0 Å². The number of ether oxygens (including phenoxy) is 3. The maximum absolute atomic E-state index is 14.0. The summed E-state index contributed by atoms with van der Waals surface area (Å²) >= 11 is 7.37. The molecule has 4 rings (SSSR count). The summed E-state index contributed by atoms with van der Waals surface area (Å²) in [6.07, 6.45) is 6.59. The Kier molecular flexibility index (Phi) is 10.7. The van der Waals surface area contributed by atoms with E-state index in [1.54, 1.807) is 20.8 Å². The van der Waals surface area contributed by atoms with Crippen LogP contribution in [0.3, 0.4) is 0 Å². The molecule has 0 bridgehead atoms. The second-order valence-electron chi connectivity index (χ2n) is 17.2.